The van der Waals surface area contributed by atoms with Gasteiger partial charge in [0.05, 0.1) is 0 Å². The lowest BCUT2D eigenvalue weighted by atomic mass is 10.0. The third kappa shape index (κ3) is 2.39. The molecule has 1 aliphatic heterocycles. The molecule has 0 amide bonds. The van der Waals surface area contributed by atoms with Gasteiger partial charge in [-0.25, -0.2) is 4.98 Å². The molecule has 2 heterocycles. The number of carbonyl (C=O) groups excluding carboxylic acids is 1. The Labute approximate surface area is 114 Å². The van der Waals surface area contributed by atoms with Crippen LogP contribution in [0, 0.1) is 0 Å². The van der Waals surface area contributed by atoms with Crippen molar-refractivity contribution in [2.75, 3.05) is 13.2 Å². The van der Waals surface area contributed by atoms with Gasteiger partial charge in [0.1, 0.15) is 18.4 Å². The Morgan fingerprint density at radius 2 is 1.79 bits per heavy atom. The summed E-state index contributed by atoms with van der Waals surface area (Å²) in [4.78, 5) is 16.2. The van der Waals surface area contributed by atoms with Crippen molar-refractivity contribution in [2.45, 2.75) is 0 Å². The van der Waals surface area contributed by atoms with E-state index in [4.69, 9.17) is 21.1 Å². The number of ketones is 1. The zero-order chi connectivity index (χ0) is 13.2. The molecule has 2 aromatic rings. The zero-order valence-electron chi connectivity index (χ0n) is 9.93. The van der Waals surface area contributed by atoms with Gasteiger partial charge in [0.25, 0.3) is 0 Å². The fourth-order valence-corrected chi connectivity index (χ4v) is 1.97. The minimum absolute atomic E-state index is 0.124. The van der Waals surface area contributed by atoms with Gasteiger partial charge in [0.2, 0.25) is 0 Å². The summed E-state index contributed by atoms with van der Waals surface area (Å²) >= 11 is 5.70. The Kier molecular flexibility index (Phi) is 3.09. The maximum absolute atomic E-state index is 12.3. The monoisotopic (exact) mass is 275 g/mol. The average molecular weight is 276 g/mol. The lowest BCUT2D eigenvalue weighted by Crippen LogP contribution is -2.15. The topological polar surface area (TPSA) is 48.4 Å². The van der Waals surface area contributed by atoms with Crippen molar-refractivity contribution in [3.05, 3.63) is 52.8 Å². The molecule has 3 rings (SSSR count). The number of fused-ring (bicyclic) bond motifs is 1. The van der Waals surface area contributed by atoms with Gasteiger partial charge in [-0.3, -0.25) is 4.79 Å². The summed E-state index contributed by atoms with van der Waals surface area (Å²) in [6, 6.07) is 8.38. The van der Waals surface area contributed by atoms with Crippen LogP contribution < -0.4 is 9.47 Å². The molecule has 1 aliphatic rings. The van der Waals surface area contributed by atoms with E-state index in [1.165, 1.54) is 6.20 Å². The van der Waals surface area contributed by atoms with E-state index in [9.17, 15) is 4.79 Å². The second-order valence-electron chi connectivity index (χ2n) is 4.06. The lowest BCUT2D eigenvalue weighted by Gasteiger charge is -2.18. The highest BCUT2D eigenvalue weighted by atomic mass is 35.5. The van der Waals surface area contributed by atoms with Crippen LogP contribution in [0.25, 0.3) is 0 Å². The SMILES string of the molecule is O=C(c1ccc(Cl)nc1)c1ccc2c(c1)OCCO2. The van der Waals surface area contributed by atoms with E-state index in [1.807, 2.05) is 0 Å². The average Bonchev–Trinajstić information content (AvgIpc) is 2.47. The standard InChI is InChI=1S/C14H10ClNO3/c15-13-4-2-10(8-16-13)14(17)9-1-3-11-12(7-9)19-6-5-18-11/h1-4,7-8H,5-6H2. The Hall–Kier alpha value is -2.07. The van der Waals surface area contributed by atoms with Crippen molar-refractivity contribution in [3.8, 4) is 11.5 Å². The van der Waals surface area contributed by atoms with Crippen molar-refractivity contribution < 1.29 is 14.3 Å². The Bertz CT molecular complexity index is 625. The van der Waals surface area contributed by atoms with Crippen LogP contribution in [-0.4, -0.2) is 24.0 Å². The van der Waals surface area contributed by atoms with Crippen molar-refractivity contribution in [1.29, 1.82) is 0 Å². The second kappa shape index (κ2) is 4.90. The highest BCUT2D eigenvalue weighted by molar-refractivity contribution is 6.29. The number of hydrogen-bond acceptors (Lipinski definition) is 4. The molecule has 19 heavy (non-hydrogen) atoms. The van der Waals surface area contributed by atoms with Gasteiger partial charge in [-0.15, -0.1) is 0 Å². The Morgan fingerprint density at radius 3 is 2.53 bits per heavy atom. The quantitative estimate of drug-likeness (QED) is 0.625. The fourth-order valence-electron chi connectivity index (χ4n) is 1.86. The normalized spacial score (nSPS) is 13.1. The van der Waals surface area contributed by atoms with Crippen LogP contribution >= 0.6 is 11.6 Å². The molecule has 1 aromatic carbocycles. The minimum atomic E-state index is -0.124. The number of ether oxygens (including phenoxy) is 2. The van der Waals surface area contributed by atoms with Crippen molar-refractivity contribution >= 4 is 17.4 Å². The fraction of sp³-hybridized carbons (Fsp3) is 0.143. The summed E-state index contributed by atoms with van der Waals surface area (Å²) in [5.41, 5.74) is 1.02. The maximum Gasteiger partial charge on any atom is 0.194 e. The molecule has 0 fully saturated rings. The van der Waals surface area contributed by atoms with Crippen LogP contribution in [0.5, 0.6) is 11.5 Å². The number of benzene rings is 1. The first-order chi connectivity index (χ1) is 9.24. The van der Waals surface area contributed by atoms with Gasteiger partial charge >= 0.3 is 0 Å². The van der Waals surface area contributed by atoms with Crippen LogP contribution in [0.4, 0.5) is 0 Å². The van der Waals surface area contributed by atoms with E-state index in [-0.39, 0.29) is 5.78 Å². The Morgan fingerprint density at radius 1 is 1.05 bits per heavy atom. The van der Waals surface area contributed by atoms with E-state index < -0.39 is 0 Å². The number of nitrogens with zero attached hydrogens (tertiary/aromatic N) is 1. The van der Waals surface area contributed by atoms with Crippen molar-refractivity contribution in [3.63, 3.8) is 0 Å². The molecule has 0 N–H and O–H groups in total. The maximum atomic E-state index is 12.3. The molecule has 4 nitrogen and oxygen atoms in total. The number of carbonyl (C=O) groups is 1. The molecule has 1 aromatic heterocycles. The molecule has 0 atom stereocenters. The smallest absolute Gasteiger partial charge is 0.194 e. The summed E-state index contributed by atoms with van der Waals surface area (Å²) in [6.45, 7) is 1.02. The van der Waals surface area contributed by atoms with Crippen LogP contribution in [0.3, 0.4) is 0 Å². The molecular weight excluding hydrogens is 266 g/mol. The van der Waals surface area contributed by atoms with E-state index in [1.54, 1.807) is 30.3 Å². The Balaban J connectivity index is 1.93. The van der Waals surface area contributed by atoms with Crippen LogP contribution in [0.2, 0.25) is 5.15 Å². The van der Waals surface area contributed by atoms with Gasteiger partial charge in [0.15, 0.2) is 17.3 Å². The van der Waals surface area contributed by atoms with Gasteiger partial charge in [-0.2, -0.15) is 0 Å². The third-order valence-corrected chi connectivity index (χ3v) is 3.02. The lowest BCUT2D eigenvalue weighted by molar-refractivity contribution is 0.103. The number of hydrogen-bond donors (Lipinski definition) is 0. The first-order valence-corrected chi connectivity index (χ1v) is 6.18. The summed E-state index contributed by atoms with van der Waals surface area (Å²) < 4.78 is 10.9. The molecule has 0 bridgehead atoms. The molecule has 0 saturated heterocycles. The molecule has 5 heteroatoms. The molecule has 0 saturated carbocycles. The summed E-state index contributed by atoms with van der Waals surface area (Å²) in [6.07, 6.45) is 1.46. The van der Waals surface area contributed by atoms with Gasteiger partial charge in [0, 0.05) is 17.3 Å². The number of pyridine rings is 1. The zero-order valence-corrected chi connectivity index (χ0v) is 10.7. The molecule has 0 spiro atoms. The predicted molar refractivity (Wildman–Crippen MR) is 70.1 cm³/mol. The van der Waals surface area contributed by atoms with Crippen LogP contribution in [-0.2, 0) is 0 Å². The van der Waals surface area contributed by atoms with E-state index in [0.717, 1.165) is 0 Å². The van der Waals surface area contributed by atoms with E-state index in [2.05, 4.69) is 4.98 Å². The highest BCUT2D eigenvalue weighted by Gasteiger charge is 2.16. The molecule has 0 radical (unpaired) electrons. The molecular formula is C14H10ClNO3. The van der Waals surface area contributed by atoms with Gasteiger partial charge in [-0.1, -0.05) is 11.6 Å². The highest BCUT2D eigenvalue weighted by Crippen LogP contribution is 2.31. The second-order valence-corrected chi connectivity index (χ2v) is 4.44. The van der Waals surface area contributed by atoms with Crippen molar-refractivity contribution in [1.82, 2.24) is 4.98 Å². The molecule has 96 valence electrons. The minimum Gasteiger partial charge on any atom is -0.486 e. The third-order valence-electron chi connectivity index (χ3n) is 2.79. The van der Waals surface area contributed by atoms with E-state index >= 15 is 0 Å². The van der Waals surface area contributed by atoms with Crippen molar-refractivity contribution in [2.24, 2.45) is 0 Å². The summed E-state index contributed by atoms with van der Waals surface area (Å²) in [5, 5.41) is 0.360. The molecule has 0 unspecified atom stereocenters. The van der Waals surface area contributed by atoms with E-state index in [0.29, 0.717) is 41.0 Å². The first-order valence-electron chi connectivity index (χ1n) is 5.80. The predicted octanol–water partition coefficient (Wildman–Crippen LogP) is 2.74. The number of rotatable bonds is 2. The first kappa shape index (κ1) is 12.0. The molecule has 0 aliphatic carbocycles. The number of aromatic nitrogens is 1. The number of halogens is 1. The van der Waals surface area contributed by atoms with Crippen LogP contribution in [0.15, 0.2) is 36.5 Å². The van der Waals surface area contributed by atoms with Gasteiger partial charge < -0.3 is 9.47 Å². The van der Waals surface area contributed by atoms with Crippen LogP contribution in [0.1, 0.15) is 15.9 Å². The summed E-state index contributed by atoms with van der Waals surface area (Å²) in [7, 11) is 0. The largest absolute Gasteiger partial charge is 0.486 e. The van der Waals surface area contributed by atoms with Gasteiger partial charge in [-0.05, 0) is 30.3 Å². The summed E-state index contributed by atoms with van der Waals surface area (Å²) in [5.74, 6) is 1.14.